The summed E-state index contributed by atoms with van der Waals surface area (Å²) >= 11 is 0. The highest BCUT2D eigenvalue weighted by molar-refractivity contribution is 6.74. The van der Waals surface area contributed by atoms with Crippen molar-refractivity contribution in [1.82, 2.24) is 0 Å². The number of ether oxygens (including phenoxy) is 3. The molecule has 5 nitrogen and oxygen atoms in total. The highest BCUT2D eigenvalue weighted by Crippen LogP contribution is 2.42. The summed E-state index contributed by atoms with van der Waals surface area (Å²) in [7, 11) is -2.10. The van der Waals surface area contributed by atoms with Crippen LogP contribution in [0.25, 0.3) is 0 Å². The van der Waals surface area contributed by atoms with Gasteiger partial charge in [0.2, 0.25) is 0 Å². The predicted octanol–water partition coefficient (Wildman–Crippen LogP) is 3.64. The smallest absolute Gasteiger partial charge is 0.192 e. The lowest BCUT2D eigenvalue weighted by Gasteiger charge is -2.52. The number of hydrogen-bond acceptors (Lipinski definition) is 5. The lowest BCUT2D eigenvalue weighted by molar-refractivity contribution is -0.326. The molecule has 5 atom stereocenters. The van der Waals surface area contributed by atoms with E-state index in [1.165, 1.54) is 0 Å². The molecular formula is C20H32O5Si. The molecule has 1 N–H and O–H groups in total. The average molecular weight is 381 g/mol. The van der Waals surface area contributed by atoms with Crippen LogP contribution in [0.5, 0.6) is 0 Å². The largest absolute Gasteiger partial charge is 0.408 e. The summed E-state index contributed by atoms with van der Waals surface area (Å²) < 4.78 is 24.6. The van der Waals surface area contributed by atoms with E-state index >= 15 is 0 Å². The van der Waals surface area contributed by atoms with Gasteiger partial charge < -0.3 is 23.7 Å². The van der Waals surface area contributed by atoms with Gasteiger partial charge in [0.15, 0.2) is 14.6 Å². The summed E-state index contributed by atoms with van der Waals surface area (Å²) in [6.45, 7) is 13.4. The predicted molar refractivity (Wildman–Crippen MR) is 102 cm³/mol. The molecule has 0 aromatic heterocycles. The van der Waals surface area contributed by atoms with Gasteiger partial charge in [0.1, 0.15) is 23.9 Å². The maximum absolute atomic E-state index is 11.0. The van der Waals surface area contributed by atoms with Gasteiger partial charge in [0.05, 0.1) is 13.2 Å². The Morgan fingerprint density at radius 2 is 1.81 bits per heavy atom. The standard InChI is InChI=1S/C20H32O5Si/c1-19(2,3)26(5,6)25-17-16-15(23-13-20(17,4)21)12-22-18(24-16)14-10-8-7-9-11-14/h7-11,15-18,21H,12-13H2,1-6H3/t15-,16?,17+,18-,20-/m1/s1. The maximum Gasteiger partial charge on any atom is 0.192 e. The normalized spacial score (nSPS) is 35.8. The van der Waals surface area contributed by atoms with E-state index in [9.17, 15) is 5.11 Å². The van der Waals surface area contributed by atoms with Crippen molar-refractivity contribution in [3.05, 3.63) is 35.9 Å². The molecule has 146 valence electrons. The van der Waals surface area contributed by atoms with Crippen molar-refractivity contribution in [3.8, 4) is 0 Å². The molecule has 0 spiro atoms. The molecule has 0 aliphatic carbocycles. The second-order valence-corrected chi connectivity index (χ2v) is 13.9. The summed E-state index contributed by atoms with van der Waals surface area (Å²) in [4.78, 5) is 0. The number of hydrogen-bond donors (Lipinski definition) is 1. The fraction of sp³-hybridized carbons (Fsp3) is 0.700. The second-order valence-electron chi connectivity index (χ2n) is 9.18. The molecule has 2 aliphatic heterocycles. The maximum atomic E-state index is 11.0. The Hall–Kier alpha value is -0.763. The van der Waals surface area contributed by atoms with Crippen molar-refractivity contribution in [2.24, 2.45) is 0 Å². The van der Waals surface area contributed by atoms with Crippen LogP contribution >= 0.6 is 0 Å². The Morgan fingerprint density at radius 1 is 1.15 bits per heavy atom. The second kappa shape index (κ2) is 7.00. The first-order valence-corrected chi connectivity index (χ1v) is 12.3. The van der Waals surface area contributed by atoms with E-state index in [4.69, 9.17) is 18.6 Å². The third kappa shape index (κ3) is 3.91. The van der Waals surface area contributed by atoms with E-state index in [2.05, 4.69) is 33.9 Å². The Labute approximate surface area is 157 Å². The van der Waals surface area contributed by atoms with Gasteiger partial charge in [0, 0.05) is 5.56 Å². The number of rotatable bonds is 3. The Kier molecular flexibility index (Phi) is 5.38. The van der Waals surface area contributed by atoms with Gasteiger partial charge >= 0.3 is 0 Å². The van der Waals surface area contributed by atoms with Gasteiger partial charge in [-0.15, -0.1) is 0 Å². The zero-order chi connectivity index (χ0) is 19.2. The molecule has 0 bridgehead atoms. The van der Waals surface area contributed by atoms with E-state index in [1.807, 2.05) is 30.3 Å². The van der Waals surface area contributed by atoms with Gasteiger partial charge in [-0.2, -0.15) is 0 Å². The van der Waals surface area contributed by atoms with Crippen molar-refractivity contribution >= 4 is 8.32 Å². The lowest BCUT2D eigenvalue weighted by Crippen LogP contribution is -2.66. The zero-order valence-electron chi connectivity index (χ0n) is 16.7. The molecule has 2 fully saturated rings. The van der Waals surface area contributed by atoms with Gasteiger partial charge in [-0.25, -0.2) is 0 Å². The van der Waals surface area contributed by atoms with Crippen LogP contribution in [0.3, 0.4) is 0 Å². The van der Waals surface area contributed by atoms with Crippen LogP contribution in [0.15, 0.2) is 30.3 Å². The molecule has 6 heteroatoms. The van der Waals surface area contributed by atoms with Crippen molar-refractivity contribution in [1.29, 1.82) is 0 Å². The fourth-order valence-electron chi connectivity index (χ4n) is 3.14. The van der Waals surface area contributed by atoms with Crippen LogP contribution in [-0.4, -0.2) is 50.6 Å². The molecule has 26 heavy (non-hydrogen) atoms. The molecule has 1 unspecified atom stereocenters. The van der Waals surface area contributed by atoms with Gasteiger partial charge in [-0.3, -0.25) is 0 Å². The Balaban J connectivity index is 1.85. The highest BCUT2D eigenvalue weighted by atomic mass is 28.4. The van der Waals surface area contributed by atoms with Crippen LogP contribution in [0.4, 0.5) is 0 Å². The molecule has 0 saturated carbocycles. The van der Waals surface area contributed by atoms with Crippen molar-refractivity contribution in [2.45, 2.75) is 76.0 Å². The number of fused-ring (bicyclic) bond motifs is 1. The van der Waals surface area contributed by atoms with Gasteiger partial charge in [0.25, 0.3) is 0 Å². The highest BCUT2D eigenvalue weighted by Gasteiger charge is 2.54. The number of aliphatic hydroxyl groups is 1. The van der Waals surface area contributed by atoms with Crippen molar-refractivity contribution < 1.29 is 23.7 Å². The first kappa shape index (κ1) is 20.0. The van der Waals surface area contributed by atoms with Gasteiger partial charge in [-0.1, -0.05) is 51.1 Å². The minimum atomic E-state index is -2.10. The summed E-state index contributed by atoms with van der Waals surface area (Å²) in [6, 6.07) is 9.86. The monoisotopic (exact) mass is 380 g/mol. The van der Waals surface area contributed by atoms with E-state index in [0.717, 1.165) is 5.56 Å². The zero-order valence-corrected chi connectivity index (χ0v) is 17.7. The van der Waals surface area contributed by atoms with Gasteiger partial charge in [-0.05, 0) is 25.1 Å². The molecule has 0 amide bonds. The van der Waals surface area contributed by atoms with Crippen LogP contribution < -0.4 is 0 Å². The van der Waals surface area contributed by atoms with Crippen LogP contribution in [-0.2, 0) is 18.6 Å². The molecule has 2 aliphatic rings. The van der Waals surface area contributed by atoms with Crippen molar-refractivity contribution in [2.75, 3.05) is 13.2 Å². The van der Waals surface area contributed by atoms with E-state index in [-0.39, 0.29) is 23.9 Å². The van der Waals surface area contributed by atoms with Crippen molar-refractivity contribution in [3.63, 3.8) is 0 Å². The van der Waals surface area contributed by atoms with Crippen LogP contribution in [0.2, 0.25) is 18.1 Å². The molecular weight excluding hydrogens is 348 g/mol. The summed E-state index contributed by atoms with van der Waals surface area (Å²) in [6.07, 6.45) is -1.52. The SMILES string of the molecule is CC(C)(C)[Si](C)(C)O[C@H]1C2O[C@H](c3ccccc3)OC[C@H]2OC[C@@]1(C)O. The Morgan fingerprint density at radius 3 is 2.42 bits per heavy atom. The molecule has 1 aromatic carbocycles. The first-order valence-electron chi connectivity index (χ1n) is 9.35. The first-order chi connectivity index (χ1) is 12.0. The van der Waals surface area contributed by atoms with E-state index < -0.39 is 26.3 Å². The molecule has 2 heterocycles. The quantitative estimate of drug-likeness (QED) is 0.812. The fourth-order valence-corrected chi connectivity index (χ4v) is 4.52. The van der Waals surface area contributed by atoms with E-state index in [1.54, 1.807) is 6.92 Å². The minimum Gasteiger partial charge on any atom is -0.408 e. The average Bonchev–Trinajstić information content (AvgIpc) is 2.57. The summed E-state index contributed by atoms with van der Waals surface area (Å²) in [5.74, 6) is 0. The summed E-state index contributed by atoms with van der Waals surface area (Å²) in [5.41, 5.74) is -0.142. The minimum absolute atomic E-state index is 0.0425. The third-order valence-electron chi connectivity index (χ3n) is 5.86. The molecule has 2 saturated heterocycles. The van der Waals surface area contributed by atoms with E-state index in [0.29, 0.717) is 6.61 Å². The lowest BCUT2D eigenvalue weighted by atomic mass is 9.89. The molecule has 3 rings (SSSR count). The van der Waals surface area contributed by atoms with Crippen LogP contribution in [0, 0.1) is 0 Å². The summed E-state index contributed by atoms with van der Waals surface area (Å²) in [5, 5.41) is 11.1. The molecule has 0 radical (unpaired) electrons. The number of benzene rings is 1. The molecule has 1 aromatic rings. The third-order valence-corrected chi connectivity index (χ3v) is 10.3. The Bertz CT molecular complexity index is 610. The topological polar surface area (TPSA) is 57.2 Å². The van der Waals surface area contributed by atoms with Crippen LogP contribution in [0.1, 0.15) is 39.5 Å².